The molecule has 4 heteroatoms. The maximum absolute atomic E-state index is 5.73. The van der Waals surface area contributed by atoms with Crippen molar-refractivity contribution in [3.05, 3.63) is 23.4 Å². The Kier molecular flexibility index (Phi) is 3.99. The lowest BCUT2D eigenvalue weighted by molar-refractivity contribution is 0.761. The zero-order chi connectivity index (χ0) is 9.68. The molecule has 1 aromatic heterocycles. The van der Waals surface area contributed by atoms with Crippen molar-refractivity contribution in [1.82, 2.24) is 10.3 Å². The maximum Gasteiger partial charge on any atom is 0.128 e. The van der Waals surface area contributed by atoms with Crippen LogP contribution in [0, 0.1) is 0 Å². The van der Waals surface area contributed by atoms with Crippen molar-refractivity contribution in [2.75, 3.05) is 32.1 Å². The van der Waals surface area contributed by atoms with Crippen LogP contribution in [0.15, 0.2) is 18.3 Å². The lowest BCUT2D eigenvalue weighted by Gasteiger charge is -2.17. The van der Waals surface area contributed by atoms with Crippen LogP contribution in [-0.4, -0.2) is 32.2 Å². The fourth-order valence-corrected chi connectivity index (χ4v) is 1.10. The lowest BCUT2D eigenvalue weighted by Crippen LogP contribution is -2.27. The van der Waals surface area contributed by atoms with Crippen molar-refractivity contribution in [3.8, 4) is 0 Å². The molecule has 0 bridgehead atoms. The number of nitrogens with one attached hydrogen (secondary N) is 1. The van der Waals surface area contributed by atoms with Gasteiger partial charge in [-0.3, -0.25) is 0 Å². The molecule has 3 nitrogen and oxygen atoms in total. The summed E-state index contributed by atoms with van der Waals surface area (Å²) in [7, 11) is 3.94. The Balaban J connectivity index is 2.55. The molecule has 1 N–H and O–H groups in total. The minimum absolute atomic E-state index is 0.672. The van der Waals surface area contributed by atoms with E-state index in [-0.39, 0.29) is 0 Å². The number of hydrogen-bond acceptors (Lipinski definition) is 3. The molecule has 0 saturated carbocycles. The lowest BCUT2D eigenvalue weighted by atomic mass is 10.4. The van der Waals surface area contributed by atoms with Crippen molar-refractivity contribution >= 4 is 17.4 Å². The van der Waals surface area contributed by atoms with Gasteiger partial charge in [0, 0.05) is 26.3 Å². The van der Waals surface area contributed by atoms with Crippen molar-refractivity contribution < 1.29 is 0 Å². The van der Waals surface area contributed by atoms with E-state index >= 15 is 0 Å². The second kappa shape index (κ2) is 5.04. The standard InChI is InChI=1S/C9H14ClN3/c1-11-5-6-13(2)9-4-3-8(10)7-12-9/h3-4,7,11H,5-6H2,1-2H3. The molecule has 0 saturated heterocycles. The van der Waals surface area contributed by atoms with E-state index in [9.17, 15) is 0 Å². The van der Waals surface area contributed by atoms with Crippen molar-refractivity contribution in [2.24, 2.45) is 0 Å². The minimum Gasteiger partial charge on any atom is -0.358 e. The van der Waals surface area contributed by atoms with Gasteiger partial charge in [-0.1, -0.05) is 11.6 Å². The molecule has 0 aromatic carbocycles. The van der Waals surface area contributed by atoms with Crippen molar-refractivity contribution in [3.63, 3.8) is 0 Å². The Bertz CT molecular complexity index is 248. The van der Waals surface area contributed by atoms with Crippen LogP contribution in [0.1, 0.15) is 0 Å². The Morgan fingerprint density at radius 1 is 1.54 bits per heavy atom. The molecule has 0 fully saturated rings. The van der Waals surface area contributed by atoms with Gasteiger partial charge in [0.15, 0.2) is 0 Å². The fourth-order valence-electron chi connectivity index (χ4n) is 0.988. The second-order valence-corrected chi connectivity index (χ2v) is 3.30. The topological polar surface area (TPSA) is 28.2 Å². The molecule has 0 radical (unpaired) electrons. The third kappa shape index (κ3) is 3.20. The predicted molar refractivity (Wildman–Crippen MR) is 56.4 cm³/mol. The molecule has 1 aromatic rings. The Morgan fingerprint density at radius 3 is 2.85 bits per heavy atom. The highest BCUT2D eigenvalue weighted by atomic mass is 35.5. The molecular formula is C9H14ClN3. The summed E-state index contributed by atoms with van der Waals surface area (Å²) in [6.45, 7) is 1.88. The van der Waals surface area contributed by atoms with Crippen LogP contribution in [0.5, 0.6) is 0 Å². The zero-order valence-corrected chi connectivity index (χ0v) is 8.67. The van der Waals surface area contributed by atoms with Crippen LogP contribution < -0.4 is 10.2 Å². The van der Waals surface area contributed by atoms with Crippen LogP contribution in [0.25, 0.3) is 0 Å². The van der Waals surface area contributed by atoms with E-state index in [2.05, 4.69) is 15.2 Å². The van der Waals surface area contributed by atoms with Gasteiger partial charge in [-0.25, -0.2) is 4.98 Å². The van der Waals surface area contributed by atoms with E-state index in [1.807, 2.05) is 26.2 Å². The highest BCUT2D eigenvalue weighted by Gasteiger charge is 2.00. The summed E-state index contributed by atoms with van der Waals surface area (Å²) in [5.41, 5.74) is 0. The van der Waals surface area contributed by atoms with Crippen molar-refractivity contribution in [1.29, 1.82) is 0 Å². The normalized spacial score (nSPS) is 10.1. The van der Waals surface area contributed by atoms with Crippen LogP contribution in [-0.2, 0) is 0 Å². The van der Waals surface area contributed by atoms with Crippen molar-refractivity contribution in [2.45, 2.75) is 0 Å². The van der Waals surface area contributed by atoms with E-state index < -0.39 is 0 Å². The quantitative estimate of drug-likeness (QED) is 0.795. The highest BCUT2D eigenvalue weighted by Crippen LogP contribution is 2.11. The van der Waals surface area contributed by atoms with Gasteiger partial charge >= 0.3 is 0 Å². The third-order valence-electron chi connectivity index (χ3n) is 1.80. The molecule has 0 amide bonds. The Morgan fingerprint density at radius 2 is 2.31 bits per heavy atom. The number of nitrogens with zero attached hydrogens (tertiary/aromatic N) is 2. The summed E-state index contributed by atoms with van der Waals surface area (Å²) in [6.07, 6.45) is 1.66. The van der Waals surface area contributed by atoms with Gasteiger partial charge in [0.2, 0.25) is 0 Å². The number of rotatable bonds is 4. The third-order valence-corrected chi connectivity index (χ3v) is 2.02. The highest BCUT2D eigenvalue weighted by molar-refractivity contribution is 6.30. The molecular weight excluding hydrogens is 186 g/mol. The molecule has 0 atom stereocenters. The molecule has 0 unspecified atom stereocenters. The van der Waals surface area contributed by atoms with E-state index in [1.54, 1.807) is 6.20 Å². The Labute approximate surface area is 83.7 Å². The average Bonchev–Trinajstić information content (AvgIpc) is 2.15. The minimum atomic E-state index is 0.672. The first-order valence-electron chi connectivity index (χ1n) is 4.21. The molecule has 0 spiro atoms. The number of pyridine rings is 1. The first-order chi connectivity index (χ1) is 6.24. The van der Waals surface area contributed by atoms with E-state index in [4.69, 9.17) is 11.6 Å². The number of halogens is 1. The van der Waals surface area contributed by atoms with E-state index in [0.717, 1.165) is 18.9 Å². The maximum atomic E-state index is 5.73. The van der Waals surface area contributed by atoms with Crippen LogP contribution >= 0.6 is 11.6 Å². The van der Waals surface area contributed by atoms with Gasteiger partial charge in [0.25, 0.3) is 0 Å². The summed E-state index contributed by atoms with van der Waals surface area (Å²) in [6, 6.07) is 3.76. The first kappa shape index (κ1) is 10.3. The van der Waals surface area contributed by atoms with Gasteiger partial charge in [0.1, 0.15) is 5.82 Å². The summed E-state index contributed by atoms with van der Waals surface area (Å²) in [5, 5.41) is 3.76. The smallest absolute Gasteiger partial charge is 0.128 e. The molecule has 13 heavy (non-hydrogen) atoms. The average molecular weight is 200 g/mol. The number of likely N-dealkylation sites (N-methyl/N-ethyl adjacent to an activating group) is 2. The molecule has 1 heterocycles. The first-order valence-corrected chi connectivity index (χ1v) is 4.59. The number of aromatic nitrogens is 1. The summed E-state index contributed by atoms with van der Waals surface area (Å²) < 4.78 is 0. The summed E-state index contributed by atoms with van der Waals surface area (Å²) in [5.74, 6) is 0.944. The van der Waals surface area contributed by atoms with Crippen LogP contribution in [0.3, 0.4) is 0 Å². The van der Waals surface area contributed by atoms with E-state index in [0.29, 0.717) is 5.02 Å². The summed E-state index contributed by atoms with van der Waals surface area (Å²) >= 11 is 5.73. The molecule has 0 aliphatic heterocycles. The van der Waals surface area contributed by atoms with E-state index in [1.165, 1.54) is 0 Å². The van der Waals surface area contributed by atoms with Gasteiger partial charge in [-0.15, -0.1) is 0 Å². The van der Waals surface area contributed by atoms with Gasteiger partial charge in [-0.2, -0.15) is 0 Å². The summed E-state index contributed by atoms with van der Waals surface area (Å²) in [4.78, 5) is 6.27. The van der Waals surface area contributed by atoms with Gasteiger partial charge < -0.3 is 10.2 Å². The number of hydrogen-bond donors (Lipinski definition) is 1. The molecule has 0 aliphatic carbocycles. The SMILES string of the molecule is CNCCN(C)c1ccc(Cl)cn1. The van der Waals surface area contributed by atoms with Crippen LogP contribution in [0.2, 0.25) is 5.02 Å². The molecule has 1 rings (SSSR count). The predicted octanol–water partition coefficient (Wildman–Crippen LogP) is 1.39. The fraction of sp³-hybridized carbons (Fsp3) is 0.444. The second-order valence-electron chi connectivity index (χ2n) is 2.86. The monoisotopic (exact) mass is 199 g/mol. The van der Waals surface area contributed by atoms with Gasteiger partial charge in [0.05, 0.1) is 5.02 Å². The Hall–Kier alpha value is -0.800. The zero-order valence-electron chi connectivity index (χ0n) is 7.92. The molecule has 0 aliphatic rings. The van der Waals surface area contributed by atoms with Gasteiger partial charge in [-0.05, 0) is 19.2 Å². The largest absolute Gasteiger partial charge is 0.358 e. The van der Waals surface area contributed by atoms with Crippen LogP contribution in [0.4, 0.5) is 5.82 Å². The number of anilines is 1. The molecule has 72 valence electrons.